The maximum atomic E-state index is 12.9. The maximum Gasteiger partial charge on any atom is 0.191 e. The fourth-order valence-electron chi connectivity index (χ4n) is 2.58. The van der Waals surface area contributed by atoms with E-state index in [1.807, 2.05) is 12.1 Å². The Morgan fingerprint density at radius 2 is 1.80 bits per heavy atom. The van der Waals surface area contributed by atoms with Gasteiger partial charge in [0.25, 0.3) is 0 Å². The number of guanidine groups is 1. The number of nitrogens with zero attached hydrogens (tertiary/aromatic N) is 3. The largest absolute Gasteiger partial charge is 0.370 e. The first-order valence-corrected chi connectivity index (χ1v) is 7.22. The van der Waals surface area contributed by atoms with E-state index < -0.39 is 0 Å². The molecule has 3 rings (SSSR count). The standard InChI is InChI=1S/C15H21FN4/c1-11-10-14(11)18-15(17)20-8-6-19(7-9-20)13-4-2-12(16)3-5-13/h2-5,11,14H,6-10H2,1H3,(H2,17,18). The van der Waals surface area contributed by atoms with E-state index in [4.69, 9.17) is 5.73 Å². The average Bonchev–Trinajstić information content (AvgIpc) is 3.15. The molecular formula is C15H21FN4. The summed E-state index contributed by atoms with van der Waals surface area (Å²) in [6, 6.07) is 7.10. The SMILES string of the molecule is CC1CC1N=C(N)N1CCN(c2ccc(F)cc2)CC1. The van der Waals surface area contributed by atoms with Gasteiger partial charge in [-0.15, -0.1) is 0 Å². The zero-order chi connectivity index (χ0) is 14.1. The number of aliphatic imine (C=N–C) groups is 1. The molecule has 1 saturated heterocycles. The third kappa shape index (κ3) is 2.86. The minimum atomic E-state index is -0.192. The van der Waals surface area contributed by atoms with Crippen molar-refractivity contribution >= 4 is 11.6 Å². The van der Waals surface area contributed by atoms with Crippen LogP contribution in [0.3, 0.4) is 0 Å². The zero-order valence-corrected chi connectivity index (χ0v) is 11.8. The van der Waals surface area contributed by atoms with Crippen molar-refractivity contribution in [2.24, 2.45) is 16.6 Å². The van der Waals surface area contributed by atoms with E-state index in [0.29, 0.717) is 17.9 Å². The van der Waals surface area contributed by atoms with Crippen LogP contribution in [0, 0.1) is 11.7 Å². The summed E-state index contributed by atoms with van der Waals surface area (Å²) in [5.41, 5.74) is 7.13. The predicted octanol–water partition coefficient (Wildman–Crippen LogP) is 1.67. The Bertz CT molecular complexity index is 491. The molecule has 0 spiro atoms. The van der Waals surface area contributed by atoms with Crippen LogP contribution in [0.15, 0.2) is 29.3 Å². The lowest BCUT2D eigenvalue weighted by atomic mass is 10.2. The van der Waals surface area contributed by atoms with Crippen LogP contribution in [0.1, 0.15) is 13.3 Å². The van der Waals surface area contributed by atoms with Crippen LogP contribution in [-0.2, 0) is 0 Å². The summed E-state index contributed by atoms with van der Waals surface area (Å²) in [4.78, 5) is 8.95. The van der Waals surface area contributed by atoms with E-state index in [1.54, 1.807) is 0 Å². The lowest BCUT2D eigenvalue weighted by Crippen LogP contribution is -2.51. The summed E-state index contributed by atoms with van der Waals surface area (Å²) in [6.45, 7) is 5.72. The normalized spacial score (nSPS) is 26.8. The van der Waals surface area contributed by atoms with Crippen LogP contribution < -0.4 is 10.6 Å². The highest BCUT2D eigenvalue weighted by Crippen LogP contribution is 2.32. The molecule has 0 aromatic heterocycles. The van der Waals surface area contributed by atoms with Crippen LogP contribution in [0.4, 0.5) is 10.1 Å². The highest BCUT2D eigenvalue weighted by atomic mass is 19.1. The van der Waals surface area contributed by atoms with Crippen LogP contribution in [-0.4, -0.2) is 43.1 Å². The van der Waals surface area contributed by atoms with Crippen molar-refractivity contribution < 1.29 is 4.39 Å². The molecule has 2 unspecified atom stereocenters. The molecule has 4 nitrogen and oxygen atoms in total. The van der Waals surface area contributed by atoms with Gasteiger partial charge in [0.2, 0.25) is 0 Å². The summed E-state index contributed by atoms with van der Waals surface area (Å²) in [5, 5.41) is 0. The molecule has 1 saturated carbocycles. The third-order valence-corrected chi connectivity index (χ3v) is 4.16. The molecule has 2 N–H and O–H groups in total. The van der Waals surface area contributed by atoms with Crippen LogP contribution in [0.5, 0.6) is 0 Å². The molecule has 1 heterocycles. The first-order chi connectivity index (χ1) is 9.63. The van der Waals surface area contributed by atoms with Gasteiger partial charge >= 0.3 is 0 Å². The number of hydrogen-bond acceptors (Lipinski definition) is 2. The molecule has 2 aliphatic rings. The van der Waals surface area contributed by atoms with E-state index in [1.165, 1.54) is 12.1 Å². The number of benzene rings is 1. The van der Waals surface area contributed by atoms with E-state index in [2.05, 4.69) is 21.7 Å². The summed E-state index contributed by atoms with van der Waals surface area (Å²) in [7, 11) is 0. The number of halogens is 1. The van der Waals surface area contributed by atoms with Gasteiger partial charge in [-0.05, 0) is 36.6 Å². The number of piperazine rings is 1. The molecule has 1 aromatic carbocycles. The van der Waals surface area contributed by atoms with E-state index in [0.717, 1.165) is 38.3 Å². The number of rotatable bonds is 2. The van der Waals surface area contributed by atoms with Gasteiger partial charge in [-0.1, -0.05) is 6.92 Å². The van der Waals surface area contributed by atoms with Gasteiger partial charge in [0.05, 0.1) is 6.04 Å². The molecule has 20 heavy (non-hydrogen) atoms. The van der Waals surface area contributed by atoms with E-state index in [-0.39, 0.29) is 5.82 Å². The van der Waals surface area contributed by atoms with Crippen LogP contribution in [0.25, 0.3) is 0 Å². The topological polar surface area (TPSA) is 44.9 Å². The molecule has 5 heteroatoms. The van der Waals surface area contributed by atoms with Crippen molar-refractivity contribution in [1.82, 2.24) is 4.90 Å². The summed E-state index contributed by atoms with van der Waals surface area (Å²) in [5.74, 6) is 1.18. The molecule has 108 valence electrons. The Morgan fingerprint density at radius 3 is 2.35 bits per heavy atom. The smallest absolute Gasteiger partial charge is 0.191 e. The fourth-order valence-corrected chi connectivity index (χ4v) is 2.58. The number of hydrogen-bond donors (Lipinski definition) is 1. The van der Waals surface area contributed by atoms with Gasteiger partial charge in [0.15, 0.2) is 5.96 Å². The Balaban J connectivity index is 1.56. The first kappa shape index (κ1) is 13.2. The summed E-state index contributed by atoms with van der Waals surface area (Å²) >= 11 is 0. The van der Waals surface area contributed by atoms with E-state index in [9.17, 15) is 4.39 Å². The molecule has 1 aliphatic heterocycles. The third-order valence-electron chi connectivity index (χ3n) is 4.16. The molecule has 2 atom stereocenters. The summed E-state index contributed by atoms with van der Waals surface area (Å²) in [6.07, 6.45) is 1.16. The van der Waals surface area contributed by atoms with Crippen molar-refractivity contribution in [3.8, 4) is 0 Å². The van der Waals surface area contributed by atoms with Gasteiger partial charge < -0.3 is 15.5 Å². The second-order valence-corrected chi connectivity index (χ2v) is 5.72. The zero-order valence-electron chi connectivity index (χ0n) is 11.8. The molecule has 0 bridgehead atoms. The fraction of sp³-hybridized carbons (Fsp3) is 0.533. The predicted molar refractivity (Wildman–Crippen MR) is 79.4 cm³/mol. The van der Waals surface area contributed by atoms with Crippen LogP contribution in [0.2, 0.25) is 0 Å². The molecule has 1 aromatic rings. The molecule has 0 radical (unpaired) electrons. The first-order valence-electron chi connectivity index (χ1n) is 7.22. The van der Waals surface area contributed by atoms with Crippen molar-refractivity contribution in [1.29, 1.82) is 0 Å². The van der Waals surface area contributed by atoms with Crippen molar-refractivity contribution in [2.45, 2.75) is 19.4 Å². The van der Waals surface area contributed by atoms with Crippen molar-refractivity contribution in [3.63, 3.8) is 0 Å². The Hall–Kier alpha value is -1.78. The molecule has 1 aliphatic carbocycles. The van der Waals surface area contributed by atoms with Crippen LogP contribution >= 0.6 is 0 Å². The quantitative estimate of drug-likeness (QED) is 0.660. The highest BCUT2D eigenvalue weighted by Gasteiger charge is 2.33. The minimum Gasteiger partial charge on any atom is -0.370 e. The molecule has 2 fully saturated rings. The Kier molecular flexibility index (Phi) is 3.51. The maximum absolute atomic E-state index is 12.9. The Labute approximate surface area is 119 Å². The Morgan fingerprint density at radius 1 is 1.20 bits per heavy atom. The lowest BCUT2D eigenvalue weighted by molar-refractivity contribution is 0.380. The van der Waals surface area contributed by atoms with Gasteiger partial charge in [-0.2, -0.15) is 0 Å². The summed E-state index contributed by atoms with van der Waals surface area (Å²) < 4.78 is 12.9. The van der Waals surface area contributed by atoms with Gasteiger partial charge in [0, 0.05) is 31.9 Å². The number of anilines is 1. The van der Waals surface area contributed by atoms with E-state index >= 15 is 0 Å². The molecular weight excluding hydrogens is 255 g/mol. The number of nitrogens with two attached hydrogens (primary N) is 1. The molecule has 0 amide bonds. The lowest BCUT2D eigenvalue weighted by Gasteiger charge is -2.36. The monoisotopic (exact) mass is 276 g/mol. The second-order valence-electron chi connectivity index (χ2n) is 5.72. The average molecular weight is 276 g/mol. The highest BCUT2D eigenvalue weighted by molar-refractivity contribution is 5.78. The van der Waals surface area contributed by atoms with Gasteiger partial charge in [-0.3, -0.25) is 0 Å². The van der Waals surface area contributed by atoms with Gasteiger partial charge in [0.1, 0.15) is 5.82 Å². The minimum absolute atomic E-state index is 0.192. The second kappa shape index (κ2) is 5.31. The van der Waals surface area contributed by atoms with Crippen molar-refractivity contribution in [2.75, 3.05) is 31.1 Å². The van der Waals surface area contributed by atoms with Crippen molar-refractivity contribution in [3.05, 3.63) is 30.1 Å². The van der Waals surface area contributed by atoms with Gasteiger partial charge in [-0.25, -0.2) is 9.38 Å².